The number of aromatic nitrogens is 3. The number of piperidine rings is 1. The lowest BCUT2D eigenvalue weighted by Gasteiger charge is -2.34. The molecule has 14 heteroatoms. The van der Waals surface area contributed by atoms with Gasteiger partial charge in [-0.25, -0.2) is 32.7 Å². The number of rotatable bonds is 9. The van der Waals surface area contributed by atoms with Crippen molar-refractivity contribution in [2.45, 2.75) is 51.0 Å². The van der Waals surface area contributed by atoms with Crippen molar-refractivity contribution in [3.05, 3.63) is 90.3 Å². The zero-order chi connectivity index (χ0) is 33.6. The van der Waals surface area contributed by atoms with E-state index in [1.54, 1.807) is 53.6 Å². The Labute approximate surface area is 273 Å². The minimum atomic E-state index is -3.15. The highest BCUT2D eigenvalue weighted by atomic mass is 32.2. The quantitative estimate of drug-likeness (QED) is 0.195. The van der Waals surface area contributed by atoms with Crippen molar-refractivity contribution in [2.24, 2.45) is 4.36 Å². The second-order valence-corrected chi connectivity index (χ2v) is 14.1. The van der Waals surface area contributed by atoms with Crippen LogP contribution in [-0.2, 0) is 20.4 Å². The van der Waals surface area contributed by atoms with Crippen LogP contribution in [0.15, 0.2) is 77.4 Å². The van der Waals surface area contributed by atoms with Crippen molar-refractivity contribution in [3.63, 3.8) is 0 Å². The molecule has 1 amide bonds. The molecule has 4 aromatic rings. The van der Waals surface area contributed by atoms with Gasteiger partial charge < -0.3 is 19.7 Å². The van der Waals surface area contributed by atoms with E-state index in [0.717, 1.165) is 18.4 Å². The minimum Gasteiger partial charge on any atom is -0.444 e. The van der Waals surface area contributed by atoms with E-state index in [9.17, 15) is 9.00 Å². The van der Waals surface area contributed by atoms with Crippen LogP contribution in [0.3, 0.4) is 0 Å². The van der Waals surface area contributed by atoms with Crippen molar-refractivity contribution >= 4 is 27.6 Å². The summed E-state index contributed by atoms with van der Waals surface area (Å²) in [7, 11) is -1.79. The lowest BCUT2D eigenvalue weighted by atomic mass is 10.1. The van der Waals surface area contributed by atoms with Gasteiger partial charge in [0.2, 0.25) is 17.6 Å². The van der Waals surface area contributed by atoms with E-state index < -0.39 is 32.9 Å². The highest BCUT2D eigenvalue weighted by molar-refractivity contribution is 7.94. The van der Waals surface area contributed by atoms with Gasteiger partial charge in [0, 0.05) is 38.6 Å². The summed E-state index contributed by atoms with van der Waals surface area (Å²) < 4.78 is 61.7. The molecule has 1 aliphatic heterocycles. The number of ether oxygens (including phenoxy) is 2. The van der Waals surface area contributed by atoms with Gasteiger partial charge in [-0.1, -0.05) is 30.3 Å². The molecule has 2 aromatic heterocycles. The topological polar surface area (TPSA) is 131 Å². The molecule has 1 aliphatic rings. The molecule has 1 fully saturated rings. The summed E-state index contributed by atoms with van der Waals surface area (Å²) in [6, 6.07) is 16.3. The van der Waals surface area contributed by atoms with Gasteiger partial charge in [0.15, 0.2) is 11.6 Å². The Morgan fingerprint density at radius 2 is 1.83 bits per heavy atom. The number of hydrogen-bond acceptors (Lipinski definition) is 9. The van der Waals surface area contributed by atoms with Gasteiger partial charge in [-0.2, -0.15) is 4.39 Å². The predicted octanol–water partition coefficient (Wildman–Crippen LogP) is 7.05. The summed E-state index contributed by atoms with van der Waals surface area (Å²) >= 11 is 0. The summed E-state index contributed by atoms with van der Waals surface area (Å²) in [6.07, 6.45) is 4.23. The number of likely N-dealkylation sites (tertiary alicyclic amines) is 1. The first-order valence-electron chi connectivity index (χ1n) is 15.1. The molecule has 0 spiro atoms. The van der Waals surface area contributed by atoms with E-state index in [2.05, 4.69) is 29.4 Å². The van der Waals surface area contributed by atoms with Crippen molar-refractivity contribution in [3.8, 4) is 22.9 Å². The number of halogens is 2. The molecule has 1 saturated heterocycles. The summed E-state index contributed by atoms with van der Waals surface area (Å²) in [4.78, 5) is 27.4. The van der Waals surface area contributed by atoms with Crippen molar-refractivity contribution in [1.29, 1.82) is 0 Å². The van der Waals surface area contributed by atoms with Gasteiger partial charge in [-0.05, 0) is 69.5 Å². The predicted molar refractivity (Wildman–Crippen MR) is 176 cm³/mol. The van der Waals surface area contributed by atoms with Crippen molar-refractivity contribution < 1.29 is 27.3 Å². The number of hydrogen-bond donors (Lipinski definition) is 2. The molecule has 0 radical (unpaired) electrons. The number of nitrogens with zero attached hydrogens (tertiary/aromatic N) is 5. The molecule has 11 nitrogen and oxygen atoms in total. The van der Waals surface area contributed by atoms with Gasteiger partial charge in [0.25, 0.3) is 0 Å². The maximum absolute atomic E-state index is 15.3. The van der Waals surface area contributed by atoms with Gasteiger partial charge in [0.1, 0.15) is 15.5 Å². The number of benzene rings is 2. The first-order valence-corrected chi connectivity index (χ1v) is 16.7. The number of amides is 1. The van der Waals surface area contributed by atoms with E-state index >= 15 is 8.78 Å². The smallest absolute Gasteiger partial charge is 0.410 e. The second-order valence-electron chi connectivity index (χ2n) is 11.9. The molecule has 0 saturated carbocycles. The second kappa shape index (κ2) is 14.3. The maximum atomic E-state index is 15.3. The lowest BCUT2D eigenvalue weighted by Crippen LogP contribution is -2.47. The van der Waals surface area contributed by atoms with E-state index in [4.69, 9.17) is 9.47 Å². The van der Waals surface area contributed by atoms with Crippen LogP contribution in [0.5, 0.6) is 11.6 Å². The Kier molecular flexibility index (Phi) is 10.2. The molecule has 5 rings (SSSR count). The minimum absolute atomic E-state index is 0.000528. The first-order chi connectivity index (χ1) is 22.4. The normalized spacial score (nSPS) is 16.1. The number of anilines is 2. The summed E-state index contributed by atoms with van der Waals surface area (Å²) in [5, 5.41) is 3.29. The van der Waals surface area contributed by atoms with Crippen LogP contribution in [-0.4, -0.2) is 61.9 Å². The summed E-state index contributed by atoms with van der Waals surface area (Å²) in [5.74, 6) is -2.68. The largest absolute Gasteiger partial charge is 0.444 e. The SMILES string of the molecule is CN=S(=O)(Cc1ccccc1)Nc1ccc(Oc2ncccc2-c2ccnc(NC3CCCN(C(=O)OC(C)(C)C)C3)n2)c(F)c1F. The fourth-order valence-corrected chi connectivity index (χ4v) is 6.37. The fraction of sp³-hybridized carbons (Fsp3) is 0.333. The summed E-state index contributed by atoms with van der Waals surface area (Å²) in [5.41, 5.74) is 0.652. The molecule has 2 unspecified atom stereocenters. The van der Waals surface area contributed by atoms with Gasteiger partial charge in [0.05, 0.1) is 22.7 Å². The molecule has 47 heavy (non-hydrogen) atoms. The highest BCUT2D eigenvalue weighted by Gasteiger charge is 2.28. The number of carbonyl (C=O) groups excluding carboxylic acids is 1. The Hall–Kier alpha value is -4.85. The molecular weight excluding hydrogens is 628 g/mol. The molecular formula is C33H37F2N7O4S. The van der Waals surface area contributed by atoms with Crippen LogP contribution >= 0.6 is 0 Å². The molecule has 0 aliphatic carbocycles. The highest BCUT2D eigenvalue weighted by Crippen LogP contribution is 2.34. The molecule has 3 heterocycles. The van der Waals surface area contributed by atoms with E-state index in [-0.39, 0.29) is 29.5 Å². The monoisotopic (exact) mass is 665 g/mol. The van der Waals surface area contributed by atoms with E-state index in [0.29, 0.717) is 30.3 Å². The van der Waals surface area contributed by atoms with Crippen LogP contribution in [0.1, 0.15) is 39.2 Å². The van der Waals surface area contributed by atoms with Crippen LogP contribution in [0.25, 0.3) is 11.3 Å². The Morgan fingerprint density at radius 1 is 1.04 bits per heavy atom. The van der Waals surface area contributed by atoms with Crippen LogP contribution < -0.4 is 14.8 Å². The van der Waals surface area contributed by atoms with E-state index in [1.807, 2.05) is 26.8 Å². The zero-order valence-electron chi connectivity index (χ0n) is 26.6. The number of carbonyl (C=O) groups is 1. The third-order valence-corrected chi connectivity index (χ3v) is 8.99. The third kappa shape index (κ3) is 8.70. The Morgan fingerprint density at radius 3 is 2.57 bits per heavy atom. The molecule has 0 bridgehead atoms. The zero-order valence-corrected chi connectivity index (χ0v) is 27.4. The van der Waals surface area contributed by atoms with Gasteiger partial charge >= 0.3 is 6.09 Å². The van der Waals surface area contributed by atoms with E-state index in [1.165, 1.54) is 25.4 Å². The van der Waals surface area contributed by atoms with Crippen LogP contribution in [0.2, 0.25) is 0 Å². The maximum Gasteiger partial charge on any atom is 0.410 e. The standard InChI is InChI=1S/C33H37F2N7O4S/c1-33(2,3)46-32(43)42-19-9-12-23(20-42)39-31-38-18-16-25(40-31)24-13-8-17-37-30(24)45-27-15-14-26(28(34)29(27)35)41-47(44,36-4)21-22-10-6-5-7-11-22/h5-8,10-11,13-18,23H,9,12,19-21H2,1-4H3,(H,36,41,44)(H,38,39,40). The van der Waals surface area contributed by atoms with Crippen LogP contribution in [0, 0.1) is 11.6 Å². The molecule has 2 aromatic carbocycles. The Bertz CT molecular complexity index is 1850. The number of pyridine rings is 1. The average molecular weight is 666 g/mol. The van der Waals surface area contributed by atoms with Gasteiger partial charge in [-0.15, -0.1) is 0 Å². The molecule has 248 valence electrons. The Balaban J connectivity index is 1.31. The van der Waals surface area contributed by atoms with Crippen LogP contribution in [0.4, 0.5) is 25.2 Å². The third-order valence-electron chi connectivity index (χ3n) is 7.13. The fourth-order valence-electron chi connectivity index (χ4n) is 4.93. The van der Waals surface area contributed by atoms with Crippen molar-refractivity contribution in [2.75, 3.05) is 30.2 Å². The van der Waals surface area contributed by atoms with Crippen molar-refractivity contribution in [1.82, 2.24) is 19.9 Å². The summed E-state index contributed by atoms with van der Waals surface area (Å²) in [6.45, 7) is 6.50. The number of nitrogens with one attached hydrogen (secondary N) is 2. The molecule has 2 atom stereocenters. The lowest BCUT2D eigenvalue weighted by molar-refractivity contribution is 0.0206. The molecule has 2 N–H and O–H groups in total. The first kappa shape index (κ1) is 33.5. The van der Waals surface area contributed by atoms with Gasteiger partial charge in [-0.3, -0.25) is 4.72 Å². The average Bonchev–Trinajstić information content (AvgIpc) is 3.05.